The number of piperidine rings is 1. The molecule has 3 aromatic heterocycles. The lowest BCUT2D eigenvalue weighted by molar-refractivity contribution is -0.125. The van der Waals surface area contributed by atoms with Gasteiger partial charge in [-0.25, -0.2) is 19.6 Å². The first-order valence-electron chi connectivity index (χ1n) is 10.0. The molecule has 9 heteroatoms. The number of carbonyl (C=O) groups is 1. The standard InChI is InChI=1S/C21H22N8O/c30-21(24-11-16-10-23-18-4-2-1-3-17(16)18)15-5-7-28(8-6-15)19-9-20(26-13-25-19)29-14-22-12-27-29/h1-4,9-10,12-15,23H,5-8,11H2,(H,24,30). The fourth-order valence-electron chi connectivity index (χ4n) is 3.94. The van der Waals surface area contributed by atoms with Crippen LogP contribution in [0.2, 0.25) is 0 Å². The third-order valence-corrected chi connectivity index (χ3v) is 5.61. The van der Waals surface area contributed by atoms with Crippen molar-refractivity contribution in [2.45, 2.75) is 19.4 Å². The highest BCUT2D eigenvalue weighted by Crippen LogP contribution is 2.23. The van der Waals surface area contributed by atoms with Gasteiger partial charge >= 0.3 is 0 Å². The summed E-state index contributed by atoms with van der Waals surface area (Å²) < 4.78 is 1.61. The molecule has 1 amide bonds. The molecule has 2 N–H and O–H groups in total. The molecule has 0 aliphatic carbocycles. The minimum Gasteiger partial charge on any atom is -0.361 e. The summed E-state index contributed by atoms with van der Waals surface area (Å²) in [6.45, 7) is 2.09. The molecule has 30 heavy (non-hydrogen) atoms. The van der Waals surface area contributed by atoms with Gasteiger partial charge < -0.3 is 15.2 Å². The molecule has 0 unspecified atom stereocenters. The van der Waals surface area contributed by atoms with E-state index in [1.165, 1.54) is 12.7 Å². The summed E-state index contributed by atoms with van der Waals surface area (Å²) >= 11 is 0. The van der Waals surface area contributed by atoms with Gasteiger partial charge in [-0.05, 0) is 24.5 Å². The van der Waals surface area contributed by atoms with Crippen molar-refractivity contribution in [3.63, 3.8) is 0 Å². The van der Waals surface area contributed by atoms with E-state index in [2.05, 4.69) is 41.3 Å². The molecule has 0 saturated carbocycles. The molecule has 5 rings (SSSR count). The van der Waals surface area contributed by atoms with Crippen LogP contribution in [-0.4, -0.2) is 48.7 Å². The van der Waals surface area contributed by atoms with E-state index in [-0.39, 0.29) is 11.8 Å². The second kappa shape index (κ2) is 7.94. The van der Waals surface area contributed by atoms with E-state index < -0.39 is 0 Å². The Morgan fingerprint density at radius 1 is 1.13 bits per heavy atom. The largest absolute Gasteiger partial charge is 0.361 e. The predicted octanol–water partition coefficient (Wildman–Crippen LogP) is 2.07. The Kier molecular flexibility index (Phi) is 4.84. The number of hydrogen-bond acceptors (Lipinski definition) is 6. The van der Waals surface area contributed by atoms with Crippen LogP contribution in [0.4, 0.5) is 5.82 Å². The molecule has 0 spiro atoms. The van der Waals surface area contributed by atoms with Gasteiger partial charge in [0.15, 0.2) is 5.82 Å². The van der Waals surface area contributed by atoms with Gasteiger partial charge in [0.05, 0.1) is 0 Å². The lowest BCUT2D eigenvalue weighted by atomic mass is 9.96. The van der Waals surface area contributed by atoms with E-state index in [9.17, 15) is 4.79 Å². The molecule has 1 aromatic carbocycles. The van der Waals surface area contributed by atoms with Crippen LogP contribution in [-0.2, 0) is 11.3 Å². The summed E-state index contributed by atoms with van der Waals surface area (Å²) in [5.41, 5.74) is 2.20. The number of H-pyrrole nitrogens is 1. The molecule has 1 aliphatic heterocycles. The number of nitrogens with zero attached hydrogens (tertiary/aromatic N) is 6. The zero-order valence-electron chi connectivity index (χ0n) is 16.4. The molecular weight excluding hydrogens is 380 g/mol. The van der Waals surface area contributed by atoms with Crippen LogP contribution in [0.1, 0.15) is 18.4 Å². The molecule has 9 nitrogen and oxygen atoms in total. The predicted molar refractivity (Wildman–Crippen MR) is 112 cm³/mol. The topological polar surface area (TPSA) is 105 Å². The van der Waals surface area contributed by atoms with Gasteiger partial charge in [-0.3, -0.25) is 4.79 Å². The number of aromatic amines is 1. The van der Waals surface area contributed by atoms with Crippen molar-refractivity contribution >= 4 is 22.6 Å². The number of aromatic nitrogens is 6. The Labute approximate surface area is 173 Å². The average Bonchev–Trinajstić information content (AvgIpc) is 3.48. The highest BCUT2D eigenvalue weighted by atomic mass is 16.1. The van der Waals surface area contributed by atoms with Crippen LogP contribution in [0.15, 0.2) is 55.5 Å². The van der Waals surface area contributed by atoms with Crippen LogP contribution in [0.25, 0.3) is 16.7 Å². The third kappa shape index (κ3) is 3.61. The van der Waals surface area contributed by atoms with Crippen LogP contribution < -0.4 is 10.2 Å². The minimum atomic E-state index is 0.0167. The Morgan fingerprint density at radius 3 is 2.80 bits per heavy atom. The summed E-state index contributed by atoms with van der Waals surface area (Å²) in [5.74, 6) is 1.65. The molecule has 0 bridgehead atoms. The summed E-state index contributed by atoms with van der Waals surface area (Å²) in [4.78, 5) is 30.7. The van der Waals surface area contributed by atoms with E-state index in [0.717, 1.165) is 48.2 Å². The number of benzene rings is 1. The van der Waals surface area contributed by atoms with Crippen LogP contribution in [0, 0.1) is 5.92 Å². The number of para-hydroxylation sites is 1. The second-order valence-electron chi connectivity index (χ2n) is 7.41. The Morgan fingerprint density at radius 2 is 1.97 bits per heavy atom. The number of amides is 1. The molecule has 0 radical (unpaired) electrons. The SMILES string of the molecule is O=C(NCc1c[nH]c2ccccc12)C1CCN(c2cc(-n3cncn3)ncn2)CC1. The number of hydrogen-bond donors (Lipinski definition) is 2. The molecule has 0 atom stereocenters. The highest BCUT2D eigenvalue weighted by Gasteiger charge is 2.26. The van der Waals surface area contributed by atoms with Crippen LogP contribution in [0.3, 0.4) is 0 Å². The lowest BCUT2D eigenvalue weighted by Gasteiger charge is -2.32. The van der Waals surface area contributed by atoms with Gasteiger partial charge in [-0.2, -0.15) is 5.10 Å². The van der Waals surface area contributed by atoms with Crippen LogP contribution in [0.5, 0.6) is 0 Å². The maximum atomic E-state index is 12.7. The van der Waals surface area contributed by atoms with E-state index >= 15 is 0 Å². The van der Waals surface area contributed by atoms with Crippen molar-refractivity contribution in [2.75, 3.05) is 18.0 Å². The quantitative estimate of drug-likeness (QED) is 0.530. The first-order chi connectivity index (χ1) is 14.8. The fraction of sp³-hybridized carbons (Fsp3) is 0.286. The number of fused-ring (bicyclic) bond motifs is 1. The molecular formula is C21H22N8O. The van der Waals surface area contributed by atoms with Gasteiger partial charge in [0, 0.05) is 48.7 Å². The van der Waals surface area contributed by atoms with Crippen molar-refractivity contribution < 1.29 is 4.79 Å². The first kappa shape index (κ1) is 18.3. The van der Waals surface area contributed by atoms with E-state index in [0.29, 0.717) is 12.4 Å². The zero-order valence-corrected chi connectivity index (χ0v) is 16.4. The Balaban J connectivity index is 1.18. The number of anilines is 1. The molecule has 4 heterocycles. The smallest absolute Gasteiger partial charge is 0.223 e. The average molecular weight is 402 g/mol. The third-order valence-electron chi connectivity index (χ3n) is 5.61. The molecule has 1 saturated heterocycles. The number of carbonyl (C=O) groups excluding carboxylic acids is 1. The molecule has 4 aromatic rings. The van der Waals surface area contributed by atoms with E-state index in [1.54, 1.807) is 11.0 Å². The second-order valence-corrected chi connectivity index (χ2v) is 7.41. The van der Waals surface area contributed by atoms with Gasteiger partial charge in [0.25, 0.3) is 0 Å². The maximum Gasteiger partial charge on any atom is 0.223 e. The summed E-state index contributed by atoms with van der Waals surface area (Å²) in [6, 6.07) is 10.0. The van der Waals surface area contributed by atoms with Crippen molar-refractivity contribution in [2.24, 2.45) is 5.92 Å². The van der Waals surface area contributed by atoms with Gasteiger partial charge in [0.1, 0.15) is 24.8 Å². The molecule has 1 fully saturated rings. The Hall–Kier alpha value is -3.75. The maximum absolute atomic E-state index is 12.7. The number of nitrogens with one attached hydrogen (secondary N) is 2. The Bertz CT molecular complexity index is 1140. The number of rotatable bonds is 5. The van der Waals surface area contributed by atoms with Crippen molar-refractivity contribution in [3.8, 4) is 5.82 Å². The van der Waals surface area contributed by atoms with Crippen molar-refractivity contribution in [3.05, 3.63) is 61.1 Å². The van der Waals surface area contributed by atoms with Gasteiger partial charge in [-0.1, -0.05) is 18.2 Å². The molecule has 1 aliphatic rings. The summed E-state index contributed by atoms with van der Waals surface area (Å²) in [5, 5.41) is 8.37. The lowest BCUT2D eigenvalue weighted by Crippen LogP contribution is -2.40. The minimum absolute atomic E-state index is 0.0167. The van der Waals surface area contributed by atoms with Gasteiger partial charge in [-0.15, -0.1) is 0 Å². The normalized spacial score (nSPS) is 14.9. The van der Waals surface area contributed by atoms with E-state index in [4.69, 9.17) is 0 Å². The fourth-order valence-corrected chi connectivity index (χ4v) is 3.94. The van der Waals surface area contributed by atoms with Gasteiger partial charge in [0.2, 0.25) is 5.91 Å². The summed E-state index contributed by atoms with van der Waals surface area (Å²) in [6.07, 6.45) is 8.17. The monoisotopic (exact) mass is 402 g/mol. The highest BCUT2D eigenvalue weighted by molar-refractivity contribution is 5.84. The molecule has 152 valence electrons. The zero-order chi connectivity index (χ0) is 20.3. The first-order valence-corrected chi connectivity index (χ1v) is 10.0. The van der Waals surface area contributed by atoms with E-state index in [1.807, 2.05) is 30.5 Å². The van der Waals surface area contributed by atoms with Crippen molar-refractivity contribution in [1.29, 1.82) is 0 Å². The van der Waals surface area contributed by atoms with Crippen LogP contribution >= 0.6 is 0 Å². The van der Waals surface area contributed by atoms with Crippen molar-refractivity contribution in [1.82, 2.24) is 35.0 Å². The summed E-state index contributed by atoms with van der Waals surface area (Å²) in [7, 11) is 0.